The SMILES string of the molecule is COc1ccc(C(C)=C[N+](=O)[O-])cc1. The number of methoxy groups -OCH3 is 1. The van der Waals surface area contributed by atoms with Crippen LogP contribution in [0.4, 0.5) is 0 Å². The maximum Gasteiger partial charge on any atom is 0.237 e. The van der Waals surface area contributed by atoms with Gasteiger partial charge in [-0.05, 0) is 24.6 Å². The number of rotatable bonds is 3. The van der Waals surface area contributed by atoms with Gasteiger partial charge in [-0.2, -0.15) is 0 Å². The van der Waals surface area contributed by atoms with Gasteiger partial charge < -0.3 is 4.74 Å². The molecule has 0 saturated heterocycles. The minimum Gasteiger partial charge on any atom is -0.497 e. The van der Waals surface area contributed by atoms with Crippen LogP contribution in [0.1, 0.15) is 12.5 Å². The summed E-state index contributed by atoms with van der Waals surface area (Å²) < 4.78 is 4.98. The second-order valence-electron chi connectivity index (χ2n) is 2.83. The molecule has 74 valence electrons. The van der Waals surface area contributed by atoms with E-state index in [1.807, 2.05) is 0 Å². The fourth-order valence-corrected chi connectivity index (χ4v) is 1.09. The normalized spacial score (nSPS) is 11.1. The van der Waals surface area contributed by atoms with Crippen LogP contribution in [0.25, 0.3) is 5.57 Å². The molecule has 0 aromatic heterocycles. The quantitative estimate of drug-likeness (QED) is 0.546. The Kier molecular flexibility index (Phi) is 3.23. The van der Waals surface area contributed by atoms with Crippen LogP contribution in [0.15, 0.2) is 30.5 Å². The van der Waals surface area contributed by atoms with Gasteiger partial charge in [0.1, 0.15) is 5.75 Å². The van der Waals surface area contributed by atoms with E-state index in [-0.39, 0.29) is 0 Å². The zero-order chi connectivity index (χ0) is 10.6. The molecule has 0 atom stereocenters. The first kappa shape index (κ1) is 10.2. The van der Waals surface area contributed by atoms with Crippen LogP contribution in [0.3, 0.4) is 0 Å². The van der Waals surface area contributed by atoms with E-state index in [9.17, 15) is 10.1 Å². The average Bonchev–Trinajstić information content (AvgIpc) is 2.17. The van der Waals surface area contributed by atoms with E-state index in [4.69, 9.17) is 4.74 Å². The van der Waals surface area contributed by atoms with Crippen molar-refractivity contribution in [1.82, 2.24) is 0 Å². The highest BCUT2D eigenvalue weighted by Gasteiger charge is 2.00. The lowest BCUT2D eigenvalue weighted by Gasteiger charge is -2.01. The van der Waals surface area contributed by atoms with Crippen molar-refractivity contribution in [2.24, 2.45) is 0 Å². The highest BCUT2D eigenvalue weighted by molar-refractivity contribution is 5.62. The van der Waals surface area contributed by atoms with Crippen LogP contribution in [0.5, 0.6) is 5.75 Å². The van der Waals surface area contributed by atoms with Crippen LogP contribution in [-0.4, -0.2) is 12.0 Å². The molecule has 0 radical (unpaired) electrons. The summed E-state index contributed by atoms with van der Waals surface area (Å²) in [5.41, 5.74) is 1.44. The maximum atomic E-state index is 10.2. The predicted molar refractivity (Wildman–Crippen MR) is 53.6 cm³/mol. The number of nitrogens with zero attached hydrogens (tertiary/aromatic N) is 1. The molecule has 0 N–H and O–H groups in total. The molecule has 0 aliphatic carbocycles. The standard InChI is InChI=1S/C10H11NO3/c1-8(7-11(12)13)9-3-5-10(14-2)6-4-9/h3-7H,1-2H3. The van der Waals surface area contributed by atoms with Crippen molar-refractivity contribution in [1.29, 1.82) is 0 Å². The van der Waals surface area contributed by atoms with Crippen LogP contribution in [0, 0.1) is 10.1 Å². The van der Waals surface area contributed by atoms with Gasteiger partial charge in [-0.1, -0.05) is 12.1 Å². The van der Waals surface area contributed by atoms with Gasteiger partial charge in [0.15, 0.2) is 0 Å². The van der Waals surface area contributed by atoms with Gasteiger partial charge in [0, 0.05) is 5.57 Å². The van der Waals surface area contributed by atoms with E-state index in [2.05, 4.69) is 0 Å². The Bertz CT molecular complexity index is 354. The molecule has 4 heteroatoms. The molecule has 14 heavy (non-hydrogen) atoms. The molecule has 1 aromatic rings. The van der Waals surface area contributed by atoms with Crippen molar-refractivity contribution < 1.29 is 9.66 Å². The summed E-state index contributed by atoms with van der Waals surface area (Å²) in [5.74, 6) is 0.739. The van der Waals surface area contributed by atoms with E-state index in [1.54, 1.807) is 38.3 Å². The topological polar surface area (TPSA) is 52.4 Å². The summed E-state index contributed by atoms with van der Waals surface area (Å²) in [5, 5.41) is 10.2. The molecule has 0 aliphatic rings. The number of nitro groups is 1. The first-order valence-electron chi connectivity index (χ1n) is 4.10. The van der Waals surface area contributed by atoms with Crippen molar-refractivity contribution in [3.63, 3.8) is 0 Å². The number of benzene rings is 1. The van der Waals surface area contributed by atoms with Crippen molar-refractivity contribution >= 4 is 5.57 Å². The van der Waals surface area contributed by atoms with Crippen molar-refractivity contribution in [2.75, 3.05) is 7.11 Å². The molecule has 0 heterocycles. The Hall–Kier alpha value is -1.84. The first-order chi connectivity index (χ1) is 6.63. The third-order valence-electron chi connectivity index (χ3n) is 1.84. The lowest BCUT2D eigenvalue weighted by atomic mass is 10.1. The molecule has 1 aromatic carbocycles. The second kappa shape index (κ2) is 4.41. The zero-order valence-electron chi connectivity index (χ0n) is 8.06. The van der Waals surface area contributed by atoms with Crippen molar-refractivity contribution in [3.05, 3.63) is 46.1 Å². The molecule has 0 saturated carbocycles. The fourth-order valence-electron chi connectivity index (χ4n) is 1.09. The van der Waals surface area contributed by atoms with E-state index in [0.29, 0.717) is 5.57 Å². The third kappa shape index (κ3) is 2.58. The van der Waals surface area contributed by atoms with Crippen molar-refractivity contribution in [2.45, 2.75) is 6.92 Å². The van der Waals surface area contributed by atoms with Gasteiger partial charge in [0.2, 0.25) is 6.20 Å². The molecule has 0 fully saturated rings. The van der Waals surface area contributed by atoms with Gasteiger partial charge in [0.05, 0.1) is 12.0 Å². The van der Waals surface area contributed by atoms with E-state index < -0.39 is 4.92 Å². The summed E-state index contributed by atoms with van der Waals surface area (Å²) >= 11 is 0. The molecule has 0 unspecified atom stereocenters. The van der Waals surface area contributed by atoms with Gasteiger partial charge >= 0.3 is 0 Å². The number of allylic oxidation sites excluding steroid dienone is 1. The van der Waals surface area contributed by atoms with Gasteiger partial charge in [-0.25, -0.2) is 0 Å². The molecule has 4 nitrogen and oxygen atoms in total. The summed E-state index contributed by atoms with van der Waals surface area (Å²) in [7, 11) is 1.58. The first-order valence-corrected chi connectivity index (χ1v) is 4.10. The molecule has 1 rings (SSSR count). The largest absolute Gasteiger partial charge is 0.497 e. The average molecular weight is 193 g/mol. The minimum atomic E-state index is -0.459. The second-order valence-corrected chi connectivity index (χ2v) is 2.83. The Balaban J connectivity index is 2.92. The number of hydrogen-bond donors (Lipinski definition) is 0. The van der Waals surface area contributed by atoms with E-state index in [1.165, 1.54) is 0 Å². The molecule has 0 amide bonds. The molecule has 0 aliphatic heterocycles. The minimum absolute atomic E-state index is 0.459. The Labute approximate surface area is 82.0 Å². The third-order valence-corrected chi connectivity index (χ3v) is 1.84. The monoisotopic (exact) mass is 193 g/mol. The van der Waals surface area contributed by atoms with Gasteiger partial charge in [-0.15, -0.1) is 0 Å². The van der Waals surface area contributed by atoms with E-state index in [0.717, 1.165) is 17.5 Å². The Morgan fingerprint density at radius 2 is 2.00 bits per heavy atom. The van der Waals surface area contributed by atoms with Crippen LogP contribution in [0.2, 0.25) is 0 Å². The summed E-state index contributed by atoms with van der Waals surface area (Å²) in [4.78, 5) is 9.75. The van der Waals surface area contributed by atoms with E-state index >= 15 is 0 Å². The fraction of sp³-hybridized carbons (Fsp3) is 0.200. The van der Waals surface area contributed by atoms with Crippen LogP contribution in [-0.2, 0) is 0 Å². The molecule has 0 spiro atoms. The van der Waals surface area contributed by atoms with Crippen molar-refractivity contribution in [3.8, 4) is 5.75 Å². The maximum absolute atomic E-state index is 10.2. The lowest BCUT2D eigenvalue weighted by molar-refractivity contribution is -0.401. The van der Waals surface area contributed by atoms with Gasteiger partial charge in [0.25, 0.3) is 0 Å². The Morgan fingerprint density at radius 1 is 1.43 bits per heavy atom. The van der Waals surface area contributed by atoms with Crippen LogP contribution >= 0.6 is 0 Å². The highest BCUT2D eigenvalue weighted by Crippen LogP contribution is 2.17. The summed E-state index contributed by atoms with van der Waals surface area (Å²) in [6, 6.07) is 7.11. The number of ether oxygens (including phenoxy) is 1. The van der Waals surface area contributed by atoms with Crippen LogP contribution < -0.4 is 4.74 Å². The lowest BCUT2D eigenvalue weighted by Crippen LogP contribution is -1.88. The Morgan fingerprint density at radius 3 is 2.43 bits per heavy atom. The number of hydrogen-bond acceptors (Lipinski definition) is 3. The summed E-state index contributed by atoms with van der Waals surface area (Å²) in [6.07, 6.45) is 0.988. The highest BCUT2D eigenvalue weighted by atomic mass is 16.6. The molecular formula is C10H11NO3. The van der Waals surface area contributed by atoms with Gasteiger partial charge in [-0.3, -0.25) is 10.1 Å². The predicted octanol–water partition coefficient (Wildman–Crippen LogP) is 2.33. The molecule has 0 bridgehead atoms. The zero-order valence-corrected chi connectivity index (χ0v) is 8.06. The summed E-state index contributed by atoms with van der Waals surface area (Å²) in [6.45, 7) is 1.70. The smallest absolute Gasteiger partial charge is 0.237 e. The molecular weight excluding hydrogens is 182 g/mol.